The number of thiazole rings is 1. The van der Waals surface area contributed by atoms with E-state index in [1.54, 1.807) is 11.3 Å². The summed E-state index contributed by atoms with van der Waals surface area (Å²) in [7, 11) is 0. The first-order valence-electron chi connectivity index (χ1n) is 6.00. The molecule has 2 aliphatic heterocycles. The summed E-state index contributed by atoms with van der Waals surface area (Å²) in [4.78, 5) is 9.61. The molecule has 1 atom stereocenters. The van der Waals surface area contributed by atoms with E-state index >= 15 is 0 Å². The minimum Gasteiger partial charge on any atom is -0.345 e. The molecule has 5 heteroatoms. The van der Waals surface area contributed by atoms with Gasteiger partial charge < -0.3 is 10.6 Å². The van der Waals surface area contributed by atoms with E-state index in [2.05, 4.69) is 20.2 Å². The van der Waals surface area contributed by atoms with Gasteiger partial charge in [-0.25, -0.2) is 4.98 Å². The Balaban J connectivity index is 1.71. The lowest BCUT2D eigenvalue weighted by Gasteiger charge is -2.37. The lowest BCUT2D eigenvalue weighted by atomic mass is 10.2. The van der Waals surface area contributed by atoms with E-state index in [9.17, 15) is 0 Å². The van der Waals surface area contributed by atoms with E-state index in [0.29, 0.717) is 6.54 Å². The lowest BCUT2D eigenvalue weighted by Crippen LogP contribution is -2.50. The van der Waals surface area contributed by atoms with E-state index in [0.717, 1.165) is 30.0 Å². The highest BCUT2D eigenvalue weighted by Gasteiger charge is 2.31. The molecule has 0 aromatic carbocycles. The van der Waals surface area contributed by atoms with Gasteiger partial charge in [-0.2, -0.15) is 0 Å². The van der Waals surface area contributed by atoms with Gasteiger partial charge >= 0.3 is 0 Å². The standard InChI is InChI=1S/C11H18N4S/c12-6-9-8-16-11(13-9)15-5-4-14-3-1-2-10(14)7-15/h8,10H,1-7,12H2. The summed E-state index contributed by atoms with van der Waals surface area (Å²) in [6.45, 7) is 5.32. The minimum atomic E-state index is 0.555. The van der Waals surface area contributed by atoms with Crippen molar-refractivity contribution in [3.63, 3.8) is 0 Å². The van der Waals surface area contributed by atoms with Gasteiger partial charge in [0.2, 0.25) is 0 Å². The highest BCUT2D eigenvalue weighted by atomic mass is 32.1. The first-order chi connectivity index (χ1) is 7.86. The minimum absolute atomic E-state index is 0.555. The molecule has 0 radical (unpaired) electrons. The number of piperazine rings is 1. The predicted molar refractivity (Wildman–Crippen MR) is 66.8 cm³/mol. The van der Waals surface area contributed by atoms with Gasteiger partial charge in [-0.15, -0.1) is 11.3 Å². The van der Waals surface area contributed by atoms with Crippen LogP contribution in [0.1, 0.15) is 18.5 Å². The molecule has 1 aromatic rings. The molecule has 2 N–H and O–H groups in total. The van der Waals surface area contributed by atoms with E-state index in [1.807, 2.05) is 0 Å². The van der Waals surface area contributed by atoms with E-state index in [4.69, 9.17) is 5.73 Å². The van der Waals surface area contributed by atoms with Crippen molar-refractivity contribution < 1.29 is 0 Å². The van der Waals surface area contributed by atoms with E-state index in [1.165, 1.54) is 25.9 Å². The zero-order valence-corrected chi connectivity index (χ0v) is 10.2. The molecule has 3 rings (SSSR count). The Morgan fingerprint density at radius 1 is 1.44 bits per heavy atom. The van der Waals surface area contributed by atoms with Crippen LogP contribution < -0.4 is 10.6 Å². The smallest absolute Gasteiger partial charge is 0.185 e. The summed E-state index contributed by atoms with van der Waals surface area (Å²) in [5.74, 6) is 0. The maximum absolute atomic E-state index is 5.60. The molecule has 88 valence electrons. The van der Waals surface area contributed by atoms with Gasteiger partial charge in [-0.05, 0) is 19.4 Å². The Morgan fingerprint density at radius 2 is 2.38 bits per heavy atom. The SMILES string of the molecule is NCc1csc(N2CCN3CCCC3C2)n1. The van der Waals surface area contributed by atoms with Crippen LogP contribution >= 0.6 is 11.3 Å². The molecule has 0 spiro atoms. The fourth-order valence-corrected chi connectivity index (χ4v) is 3.58. The Bertz CT molecular complexity index is 365. The number of hydrogen-bond acceptors (Lipinski definition) is 5. The number of nitrogens with zero attached hydrogens (tertiary/aromatic N) is 3. The van der Waals surface area contributed by atoms with Crippen LogP contribution in [0.15, 0.2) is 5.38 Å². The van der Waals surface area contributed by atoms with Crippen LogP contribution in [-0.4, -0.2) is 42.1 Å². The maximum atomic E-state index is 5.60. The quantitative estimate of drug-likeness (QED) is 0.831. The second kappa shape index (κ2) is 4.31. The van der Waals surface area contributed by atoms with Crippen molar-refractivity contribution in [3.8, 4) is 0 Å². The number of aromatic nitrogens is 1. The normalized spacial score (nSPS) is 26.1. The van der Waals surface area contributed by atoms with Crippen LogP contribution in [0.4, 0.5) is 5.13 Å². The van der Waals surface area contributed by atoms with Crippen LogP contribution in [0.3, 0.4) is 0 Å². The Labute approximate surface area is 100 Å². The van der Waals surface area contributed by atoms with Crippen molar-refractivity contribution in [1.82, 2.24) is 9.88 Å². The predicted octanol–water partition coefficient (Wildman–Crippen LogP) is 0.886. The summed E-state index contributed by atoms with van der Waals surface area (Å²) in [6, 6.07) is 0.763. The molecule has 1 unspecified atom stereocenters. The second-order valence-electron chi connectivity index (χ2n) is 4.60. The van der Waals surface area contributed by atoms with Crippen molar-refractivity contribution in [2.75, 3.05) is 31.1 Å². The summed E-state index contributed by atoms with van der Waals surface area (Å²) < 4.78 is 0. The zero-order valence-electron chi connectivity index (χ0n) is 9.43. The summed E-state index contributed by atoms with van der Waals surface area (Å²) in [5, 5.41) is 3.24. The molecule has 1 aromatic heterocycles. The van der Waals surface area contributed by atoms with Crippen LogP contribution in [0.2, 0.25) is 0 Å². The van der Waals surface area contributed by atoms with Gasteiger partial charge in [0.1, 0.15) is 0 Å². The van der Waals surface area contributed by atoms with Crippen LogP contribution in [0.5, 0.6) is 0 Å². The Kier molecular flexibility index (Phi) is 2.83. The van der Waals surface area contributed by atoms with Gasteiger partial charge in [-0.3, -0.25) is 4.90 Å². The fourth-order valence-electron chi connectivity index (χ4n) is 2.70. The van der Waals surface area contributed by atoms with Gasteiger partial charge in [0.25, 0.3) is 0 Å². The fraction of sp³-hybridized carbons (Fsp3) is 0.727. The highest BCUT2D eigenvalue weighted by Crippen LogP contribution is 2.27. The third kappa shape index (κ3) is 1.83. The van der Waals surface area contributed by atoms with E-state index < -0.39 is 0 Å². The average Bonchev–Trinajstić information content (AvgIpc) is 2.96. The second-order valence-corrected chi connectivity index (χ2v) is 5.44. The topological polar surface area (TPSA) is 45.4 Å². The van der Waals surface area contributed by atoms with Gasteiger partial charge in [0.15, 0.2) is 5.13 Å². The van der Waals surface area contributed by atoms with Crippen LogP contribution in [-0.2, 0) is 6.54 Å². The number of nitrogens with two attached hydrogens (primary N) is 1. The third-order valence-corrected chi connectivity index (χ3v) is 4.56. The van der Waals surface area contributed by atoms with Crippen molar-refractivity contribution in [2.45, 2.75) is 25.4 Å². The van der Waals surface area contributed by atoms with Gasteiger partial charge in [-0.1, -0.05) is 0 Å². The average molecular weight is 238 g/mol. The summed E-state index contributed by atoms with van der Waals surface area (Å²) in [6.07, 6.45) is 2.72. The first kappa shape index (κ1) is 10.5. The highest BCUT2D eigenvalue weighted by molar-refractivity contribution is 7.13. The van der Waals surface area contributed by atoms with Crippen molar-refractivity contribution in [1.29, 1.82) is 0 Å². The molecule has 2 fully saturated rings. The zero-order chi connectivity index (χ0) is 11.0. The van der Waals surface area contributed by atoms with Crippen LogP contribution in [0, 0.1) is 0 Å². The number of anilines is 1. The molecule has 16 heavy (non-hydrogen) atoms. The van der Waals surface area contributed by atoms with Crippen LogP contribution in [0.25, 0.3) is 0 Å². The molecule has 0 bridgehead atoms. The van der Waals surface area contributed by atoms with Crippen molar-refractivity contribution in [3.05, 3.63) is 11.1 Å². The van der Waals surface area contributed by atoms with Crippen molar-refractivity contribution in [2.24, 2.45) is 5.73 Å². The molecule has 2 saturated heterocycles. The number of rotatable bonds is 2. The molecule has 4 nitrogen and oxygen atoms in total. The van der Waals surface area contributed by atoms with Gasteiger partial charge in [0, 0.05) is 37.6 Å². The first-order valence-corrected chi connectivity index (χ1v) is 6.88. The monoisotopic (exact) mass is 238 g/mol. The Hall–Kier alpha value is -0.650. The summed E-state index contributed by atoms with van der Waals surface area (Å²) >= 11 is 1.73. The molecule has 3 heterocycles. The summed E-state index contributed by atoms with van der Waals surface area (Å²) in [5.41, 5.74) is 6.62. The van der Waals surface area contributed by atoms with Crippen molar-refractivity contribution >= 4 is 16.5 Å². The molecule has 0 saturated carbocycles. The lowest BCUT2D eigenvalue weighted by molar-refractivity contribution is 0.231. The molecule has 0 amide bonds. The number of fused-ring (bicyclic) bond motifs is 1. The molecular formula is C11H18N4S. The molecular weight excluding hydrogens is 220 g/mol. The third-order valence-electron chi connectivity index (χ3n) is 3.61. The number of hydrogen-bond donors (Lipinski definition) is 1. The molecule has 0 aliphatic carbocycles. The largest absolute Gasteiger partial charge is 0.345 e. The molecule has 2 aliphatic rings. The Morgan fingerprint density at radius 3 is 3.19 bits per heavy atom. The van der Waals surface area contributed by atoms with E-state index in [-0.39, 0.29) is 0 Å². The maximum Gasteiger partial charge on any atom is 0.185 e. The van der Waals surface area contributed by atoms with Gasteiger partial charge in [0.05, 0.1) is 5.69 Å².